The summed E-state index contributed by atoms with van der Waals surface area (Å²) in [4.78, 5) is 4.95. The fourth-order valence-electron chi connectivity index (χ4n) is 4.12. The third-order valence-corrected chi connectivity index (χ3v) is 5.47. The van der Waals surface area contributed by atoms with Crippen molar-refractivity contribution in [3.05, 3.63) is 109 Å². The maximum absolute atomic E-state index is 6.08. The summed E-state index contributed by atoms with van der Waals surface area (Å²) >= 11 is 0. The smallest absolute Gasteiger partial charge is 0.145 e. The van der Waals surface area contributed by atoms with Crippen molar-refractivity contribution in [3.8, 4) is 22.9 Å². The monoisotopic (exact) mass is 389 g/mol. The van der Waals surface area contributed by atoms with Crippen LogP contribution < -0.4 is 10.1 Å². The van der Waals surface area contributed by atoms with Crippen LogP contribution in [0.25, 0.3) is 22.4 Å². The van der Waals surface area contributed by atoms with E-state index in [1.54, 1.807) is 0 Å². The van der Waals surface area contributed by atoms with E-state index in [0.717, 1.165) is 45.2 Å². The highest BCUT2D eigenvalue weighted by atomic mass is 16.5. The highest BCUT2D eigenvalue weighted by Gasteiger charge is 2.28. The van der Waals surface area contributed by atoms with Crippen LogP contribution in [0.2, 0.25) is 0 Å². The molecule has 6 rings (SSSR count). The number of ether oxygens (including phenoxy) is 1. The van der Waals surface area contributed by atoms with Gasteiger partial charge in [0.1, 0.15) is 23.5 Å². The number of benzene rings is 4. The Morgan fingerprint density at radius 2 is 1.50 bits per heavy atom. The number of anilines is 1. The molecule has 5 aromatic rings. The van der Waals surface area contributed by atoms with Gasteiger partial charge in [-0.1, -0.05) is 54.6 Å². The van der Waals surface area contributed by atoms with Gasteiger partial charge in [-0.05, 0) is 54.1 Å². The van der Waals surface area contributed by atoms with Crippen molar-refractivity contribution in [3.63, 3.8) is 0 Å². The highest BCUT2D eigenvalue weighted by molar-refractivity contribution is 5.86. The molecule has 4 nitrogen and oxygen atoms in total. The van der Waals surface area contributed by atoms with Crippen LogP contribution in [0.1, 0.15) is 11.7 Å². The molecule has 0 amide bonds. The van der Waals surface area contributed by atoms with E-state index >= 15 is 0 Å². The van der Waals surface area contributed by atoms with Crippen LogP contribution in [0.5, 0.6) is 11.5 Å². The summed E-state index contributed by atoms with van der Waals surface area (Å²) in [6.07, 6.45) is -0.0818. The van der Waals surface area contributed by atoms with E-state index in [-0.39, 0.29) is 6.17 Å². The molecule has 0 radical (unpaired) electrons. The Hall–Kier alpha value is -4.05. The second-order valence-electron chi connectivity index (χ2n) is 7.37. The second-order valence-corrected chi connectivity index (χ2v) is 7.37. The molecule has 1 aliphatic rings. The van der Waals surface area contributed by atoms with E-state index in [2.05, 4.69) is 64.5 Å². The second kappa shape index (κ2) is 6.78. The van der Waals surface area contributed by atoms with Crippen LogP contribution in [0.4, 0.5) is 5.69 Å². The van der Waals surface area contributed by atoms with E-state index in [4.69, 9.17) is 9.72 Å². The Morgan fingerprint density at radius 1 is 0.733 bits per heavy atom. The average Bonchev–Trinajstić information content (AvgIpc) is 3.19. The Labute approximate surface area is 174 Å². The number of hydrogen-bond acceptors (Lipinski definition) is 3. The molecule has 1 unspecified atom stereocenters. The predicted molar refractivity (Wildman–Crippen MR) is 120 cm³/mol. The molecule has 0 fully saturated rings. The third kappa shape index (κ3) is 2.73. The number of fused-ring (bicyclic) bond motifs is 5. The largest absolute Gasteiger partial charge is 0.457 e. The number of nitrogens with zero attached hydrogens (tertiary/aromatic N) is 2. The Kier molecular flexibility index (Phi) is 3.81. The molecule has 1 aromatic heterocycles. The fraction of sp³-hybridized carbons (Fsp3) is 0.0385. The molecule has 30 heavy (non-hydrogen) atoms. The lowest BCUT2D eigenvalue weighted by Gasteiger charge is -2.30. The zero-order valence-corrected chi connectivity index (χ0v) is 16.2. The lowest BCUT2D eigenvalue weighted by atomic mass is 10.1. The molecule has 1 N–H and O–H groups in total. The minimum Gasteiger partial charge on any atom is -0.457 e. The summed E-state index contributed by atoms with van der Waals surface area (Å²) in [5, 5.41) is 3.71. The van der Waals surface area contributed by atoms with Crippen molar-refractivity contribution >= 4 is 16.7 Å². The van der Waals surface area contributed by atoms with Gasteiger partial charge < -0.3 is 10.1 Å². The topological polar surface area (TPSA) is 39.1 Å². The number of nitrogens with one attached hydrogen (secondary N) is 1. The van der Waals surface area contributed by atoms with Gasteiger partial charge in [0.15, 0.2) is 0 Å². The van der Waals surface area contributed by atoms with Crippen molar-refractivity contribution in [2.24, 2.45) is 0 Å². The molecule has 0 spiro atoms. The molecule has 4 heteroatoms. The molecule has 0 aliphatic carbocycles. The van der Waals surface area contributed by atoms with Gasteiger partial charge in [0.05, 0.1) is 11.0 Å². The normalized spacial score (nSPS) is 14.6. The molecular weight excluding hydrogens is 370 g/mol. The molecule has 1 atom stereocenters. The Balaban J connectivity index is 1.49. The van der Waals surface area contributed by atoms with E-state index in [1.165, 1.54) is 0 Å². The van der Waals surface area contributed by atoms with Crippen molar-refractivity contribution in [2.75, 3.05) is 5.32 Å². The zero-order valence-electron chi connectivity index (χ0n) is 16.2. The van der Waals surface area contributed by atoms with Gasteiger partial charge in [-0.25, -0.2) is 4.98 Å². The standard InChI is InChI=1S/C26H19N3O/c1-2-10-19(11-3-1)30-20-12-8-9-18(17-20)25-27-22-14-5-4-13-21(22)26-28-23-15-6-7-16-24(23)29(25)26/h1-17,25,27H. The fourth-order valence-corrected chi connectivity index (χ4v) is 4.12. The molecule has 2 heterocycles. The van der Waals surface area contributed by atoms with Crippen LogP contribution in [-0.4, -0.2) is 9.55 Å². The summed E-state index contributed by atoms with van der Waals surface area (Å²) in [6.45, 7) is 0. The molecule has 0 saturated carbocycles. The summed E-state index contributed by atoms with van der Waals surface area (Å²) in [5.74, 6) is 2.61. The minimum absolute atomic E-state index is 0.0818. The Bertz CT molecular complexity index is 1360. The lowest BCUT2D eigenvalue weighted by molar-refractivity contribution is 0.481. The maximum Gasteiger partial charge on any atom is 0.145 e. The van der Waals surface area contributed by atoms with Gasteiger partial charge in [-0.15, -0.1) is 0 Å². The summed E-state index contributed by atoms with van der Waals surface area (Å²) in [5.41, 5.74) is 5.41. The highest BCUT2D eigenvalue weighted by Crippen LogP contribution is 2.41. The lowest BCUT2D eigenvalue weighted by Crippen LogP contribution is -2.24. The van der Waals surface area contributed by atoms with Crippen LogP contribution in [0, 0.1) is 0 Å². The number of rotatable bonds is 3. The molecule has 4 aromatic carbocycles. The van der Waals surface area contributed by atoms with Gasteiger partial charge in [0, 0.05) is 11.3 Å². The van der Waals surface area contributed by atoms with Crippen molar-refractivity contribution in [2.45, 2.75) is 6.17 Å². The van der Waals surface area contributed by atoms with Gasteiger partial charge in [0.2, 0.25) is 0 Å². The number of imidazole rings is 1. The summed E-state index contributed by atoms with van der Waals surface area (Å²) in [7, 11) is 0. The van der Waals surface area contributed by atoms with Crippen LogP contribution in [0.15, 0.2) is 103 Å². The van der Waals surface area contributed by atoms with E-state index < -0.39 is 0 Å². The maximum atomic E-state index is 6.08. The van der Waals surface area contributed by atoms with E-state index in [9.17, 15) is 0 Å². The van der Waals surface area contributed by atoms with Crippen LogP contribution in [-0.2, 0) is 0 Å². The minimum atomic E-state index is -0.0818. The number of aromatic nitrogens is 2. The van der Waals surface area contributed by atoms with Crippen molar-refractivity contribution in [1.29, 1.82) is 0 Å². The summed E-state index contributed by atoms with van der Waals surface area (Å²) in [6, 6.07) is 34.7. The third-order valence-electron chi connectivity index (χ3n) is 5.47. The first kappa shape index (κ1) is 16.9. The van der Waals surface area contributed by atoms with Gasteiger partial charge in [0.25, 0.3) is 0 Å². The molecule has 0 bridgehead atoms. The predicted octanol–water partition coefficient (Wildman–Crippen LogP) is 6.47. The molecule has 144 valence electrons. The number of hydrogen-bond donors (Lipinski definition) is 1. The Morgan fingerprint density at radius 3 is 2.43 bits per heavy atom. The van der Waals surface area contributed by atoms with Crippen LogP contribution >= 0.6 is 0 Å². The molecule has 1 aliphatic heterocycles. The molecule has 0 saturated heterocycles. The van der Waals surface area contributed by atoms with Crippen molar-refractivity contribution in [1.82, 2.24) is 9.55 Å². The van der Waals surface area contributed by atoms with Crippen LogP contribution in [0.3, 0.4) is 0 Å². The van der Waals surface area contributed by atoms with Gasteiger partial charge in [-0.3, -0.25) is 4.57 Å². The SMILES string of the molecule is c1ccc(Oc2cccc(C3Nc4ccccc4-c4nc5ccccc5n43)c2)cc1. The van der Waals surface area contributed by atoms with E-state index in [1.807, 2.05) is 48.5 Å². The molecular formula is C26H19N3O. The van der Waals surface area contributed by atoms with Gasteiger partial charge in [-0.2, -0.15) is 0 Å². The van der Waals surface area contributed by atoms with E-state index in [0.29, 0.717) is 0 Å². The summed E-state index contributed by atoms with van der Waals surface area (Å²) < 4.78 is 8.36. The average molecular weight is 389 g/mol. The first-order chi connectivity index (χ1) is 14.9. The van der Waals surface area contributed by atoms with Crippen molar-refractivity contribution < 1.29 is 4.74 Å². The van der Waals surface area contributed by atoms with Gasteiger partial charge >= 0.3 is 0 Å². The first-order valence-electron chi connectivity index (χ1n) is 10.0. The first-order valence-corrected chi connectivity index (χ1v) is 10.0. The zero-order chi connectivity index (χ0) is 19.9. The number of para-hydroxylation sites is 4. The quantitative estimate of drug-likeness (QED) is 0.384.